The van der Waals surface area contributed by atoms with Crippen molar-refractivity contribution in [3.63, 3.8) is 0 Å². The molecule has 0 aromatic carbocycles. The maximum Gasteiger partial charge on any atom is 0.0701 e. The minimum absolute atomic E-state index is 0.548. The van der Waals surface area contributed by atoms with Crippen LogP contribution in [-0.2, 0) is 9.47 Å². The van der Waals surface area contributed by atoms with Gasteiger partial charge in [0.25, 0.3) is 0 Å². The molecule has 1 fully saturated rings. The third kappa shape index (κ3) is 6.39. The van der Waals surface area contributed by atoms with Crippen molar-refractivity contribution in [3.05, 3.63) is 0 Å². The first kappa shape index (κ1) is 14.9. The van der Waals surface area contributed by atoms with Crippen LogP contribution in [0.5, 0.6) is 0 Å². The zero-order chi connectivity index (χ0) is 12.3. The van der Waals surface area contributed by atoms with Crippen molar-refractivity contribution in [2.45, 2.75) is 51.5 Å². The zero-order valence-electron chi connectivity index (χ0n) is 11.5. The lowest BCUT2D eigenvalue weighted by Gasteiger charge is -2.31. The van der Waals surface area contributed by atoms with E-state index in [1.165, 1.54) is 38.5 Å². The second kappa shape index (κ2) is 9.86. The molecule has 0 saturated heterocycles. The fourth-order valence-corrected chi connectivity index (χ4v) is 2.58. The fourth-order valence-electron chi connectivity index (χ4n) is 2.58. The SMILES string of the molecule is CCCNC(COCCOC)C1CCCCC1. The topological polar surface area (TPSA) is 30.5 Å². The predicted molar refractivity (Wildman–Crippen MR) is 71.4 cm³/mol. The Kier molecular flexibility index (Phi) is 8.67. The number of hydrogen-bond acceptors (Lipinski definition) is 3. The summed E-state index contributed by atoms with van der Waals surface area (Å²) in [5.41, 5.74) is 0. The van der Waals surface area contributed by atoms with E-state index in [0.717, 1.165) is 19.1 Å². The smallest absolute Gasteiger partial charge is 0.0701 e. The zero-order valence-corrected chi connectivity index (χ0v) is 11.5. The molecule has 0 aromatic rings. The molecule has 3 nitrogen and oxygen atoms in total. The Balaban J connectivity index is 2.25. The molecule has 1 rings (SSSR count). The van der Waals surface area contributed by atoms with Crippen LogP contribution >= 0.6 is 0 Å². The number of hydrogen-bond donors (Lipinski definition) is 1. The van der Waals surface area contributed by atoms with Gasteiger partial charge in [0.15, 0.2) is 0 Å². The lowest BCUT2D eigenvalue weighted by Crippen LogP contribution is -2.41. The number of rotatable bonds is 9. The Bertz CT molecular complexity index is 170. The molecular formula is C14H29NO2. The highest BCUT2D eigenvalue weighted by Crippen LogP contribution is 2.26. The van der Waals surface area contributed by atoms with E-state index in [2.05, 4.69) is 12.2 Å². The molecule has 1 N–H and O–H groups in total. The minimum atomic E-state index is 0.548. The molecule has 1 aliphatic carbocycles. The molecular weight excluding hydrogens is 214 g/mol. The lowest BCUT2D eigenvalue weighted by atomic mass is 9.84. The maximum atomic E-state index is 5.70. The van der Waals surface area contributed by atoms with Crippen molar-refractivity contribution in [1.82, 2.24) is 5.32 Å². The van der Waals surface area contributed by atoms with Gasteiger partial charge in [0, 0.05) is 13.2 Å². The summed E-state index contributed by atoms with van der Waals surface area (Å²) < 4.78 is 10.7. The van der Waals surface area contributed by atoms with E-state index in [1.54, 1.807) is 7.11 Å². The summed E-state index contributed by atoms with van der Waals surface area (Å²) >= 11 is 0. The summed E-state index contributed by atoms with van der Waals surface area (Å²) in [6, 6.07) is 0.548. The number of nitrogens with one attached hydrogen (secondary N) is 1. The van der Waals surface area contributed by atoms with E-state index >= 15 is 0 Å². The normalized spacial score (nSPS) is 19.4. The van der Waals surface area contributed by atoms with E-state index in [0.29, 0.717) is 19.3 Å². The average molecular weight is 243 g/mol. The second-order valence-electron chi connectivity index (χ2n) is 5.03. The van der Waals surface area contributed by atoms with Gasteiger partial charge in [-0.3, -0.25) is 0 Å². The summed E-state index contributed by atoms with van der Waals surface area (Å²) in [5.74, 6) is 0.817. The fraction of sp³-hybridized carbons (Fsp3) is 1.00. The highest BCUT2D eigenvalue weighted by molar-refractivity contribution is 4.79. The molecule has 102 valence electrons. The third-order valence-electron chi connectivity index (χ3n) is 3.60. The van der Waals surface area contributed by atoms with Crippen LogP contribution in [0.3, 0.4) is 0 Å². The molecule has 0 amide bonds. The molecule has 0 spiro atoms. The molecule has 0 heterocycles. The standard InChI is InChI=1S/C14H29NO2/c1-3-9-15-14(12-17-11-10-16-2)13-7-5-4-6-8-13/h13-15H,3-12H2,1-2H3. The summed E-state index contributed by atoms with van der Waals surface area (Å²) in [6.45, 7) is 5.58. The molecule has 0 aromatic heterocycles. The monoisotopic (exact) mass is 243 g/mol. The Hall–Kier alpha value is -0.120. The van der Waals surface area contributed by atoms with Gasteiger partial charge in [-0.15, -0.1) is 0 Å². The first-order valence-corrected chi connectivity index (χ1v) is 7.18. The Morgan fingerprint density at radius 3 is 2.59 bits per heavy atom. The first-order valence-electron chi connectivity index (χ1n) is 7.18. The molecule has 3 heteroatoms. The van der Waals surface area contributed by atoms with Gasteiger partial charge in [-0.1, -0.05) is 26.2 Å². The third-order valence-corrected chi connectivity index (χ3v) is 3.60. The molecule has 1 aliphatic rings. The minimum Gasteiger partial charge on any atom is -0.382 e. The van der Waals surface area contributed by atoms with Gasteiger partial charge in [-0.2, -0.15) is 0 Å². The van der Waals surface area contributed by atoms with Crippen LogP contribution in [0.15, 0.2) is 0 Å². The molecule has 1 unspecified atom stereocenters. The quantitative estimate of drug-likeness (QED) is 0.631. The highest BCUT2D eigenvalue weighted by atomic mass is 16.5. The largest absolute Gasteiger partial charge is 0.382 e. The van der Waals surface area contributed by atoms with Gasteiger partial charge in [0.1, 0.15) is 0 Å². The van der Waals surface area contributed by atoms with Crippen LogP contribution in [0.2, 0.25) is 0 Å². The van der Waals surface area contributed by atoms with Crippen LogP contribution < -0.4 is 5.32 Å². The van der Waals surface area contributed by atoms with Crippen LogP contribution in [0, 0.1) is 5.92 Å². The van der Waals surface area contributed by atoms with Crippen LogP contribution in [0.4, 0.5) is 0 Å². The Labute approximate surface area is 106 Å². The summed E-state index contributed by atoms with van der Waals surface area (Å²) in [7, 11) is 1.72. The van der Waals surface area contributed by atoms with Gasteiger partial charge in [-0.05, 0) is 31.7 Å². The summed E-state index contributed by atoms with van der Waals surface area (Å²) in [6.07, 6.45) is 8.15. The van der Waals surface area contributed by atoms with Gasteiger partial charge in [-0.25, -0.2) is 0 Å². The molecule has 0 aliphatic heterocycles. The average Bonchev–Trinajstić information content (AvgIpc) is 2.39. The number of methoxy groups -OCH3 is 1. The van der Waals surface area contributed by atoms with E-state index < -0.39 is 0 Å². The van der Waals surface area contributed by atoms with Gasteiger partial charge >= 0.3 is 0 Å². The van der Waals surface area contributed by atoms with Crippen molar-refractivity contribution >= 4 is 0 Å². The molecule has 0 bridgehead atoms. The van der Waals surface area contributed by atoms with E-state index in [4.69, 9.17) is 9.47 Å². The van der Waals surface area contributed by atoms with E-state index in [9.17, 15) is 0 Å². The summed E-state index contributed by atoms with van der Waals surface area (Å²) in [4.78, 5) is 0. The first-order chi connectivity index (χ1) is 8.38. The van der Waals surface area contributed by atoms with Crippen molar-refractivity contribution in [2.24, 2.45) is 5.92 Å². The van der Waals surface area contributed by atoms with Gasteiger partial charge in [0.2, 0.25) is 0 Å². The van der Waals surface area contributed by atoms with Crippen molar-refractivity contribution in [3.8, 4) is 0 Å². The Morgan fingerprint density at radius 1 is 1.18 bits per heavy atom. The van der Waals surface area contributed by atoms with Crippen LogP contribution in [0.1, 0.15) is 45.4 Å². The molecule has 17 heavy (non-hydrogen) atoms. The van der Waals surface area contributed by atoms with Gasteiger partial charge < -0.3 is 14.8 Å². The van der Waals surface area contributed by atoms with Crippen LogP contribution in [0.25, 0.3) is 0 Å². The highest BCUT2D eigenvalue weighted by Gasteiger charge is 2.22. The Morgan fingerprint density at radius 2 is 1.94 bits per heavy atom. The van der Waals surface area contributed by atoms with Crippen LogP contribution in [-0.4, -0.2) is 39.5 Å². The second-order valence-corrected chi connectivity index (χ2v) is 5.03. The van der Waals surface area contributed by atoms with E-state index in [1.807, 2.05) is 0 Å². The van der Waals surface area contributed by atoms with Crippen molar-refractivity contribution in [2.75, 3.05) is 33.5 Å². The maximum absolute atomic E-state index is 5.70. The van der Waals surface area contributed by atoms with Gasteiger partial charge in [0.05, 0.1) is 19.8 Å². The van der Waals surface area contributed by atoms with Crippen molar-refractivity contribution < 1.29 is 9.47 Å². The molecule has 0 radical (unpaired) electrons. The van der Waals surface area contributed by atoms with Crippen molar-refractivity contribution in [1.29, 1.82) is 0 Å². The molecule has 1 saturated carbocycles. The molecule has 1 atom stereocenters. The number of ether oxygens (including phenoxy) is 2. The summed E-state index contributed by atoms with van der Waals surface area (Å²) in [5, 5.41) is 3.65. The predicted octanol–water partition coefficient (Wildman–Crippen LogP) is 2.60. The van der Waals surface area contributed by atoms with E-state index in [-0.39, 0.29) is 0 Å². The lowest BCUT2D eigenvalue weighted by molar-refractivity contribution is 0.0449.